The monoisotopic (exact) mass is 646 g/mol. The lowest BCUT2D eigenvalue weighted by molar-refractivity contribution is -0.128. The summed E-state index contributed by atoms with van der Waals surface area (Å²) in [5, 5.41) is 19.9. The number of rotatable bonds is 15. The van der Waals surface area contributed by atoms with Gasteiger partial charge in [-0.3, -0.25) is 4.79 Å². The second-order valence-corrected chi connectivity index (χ2v) is 10.9. The van der Waals surface area contributed by atoms with E-state index in [2.05, 4.69) is 25.4 Å². The number of nitrogens with one attached hydrogen (secondary N) is 1. The predicted molar refractivity (Wildman–Crippen MR) is 181 cm³/mol. The molecule has 244 valence electrons. The van der Waals surface area contributed by atoms with Crippen LogP contribution < -0.4 is 14.8 Å². The third-order valence-electron chi connectivity index (χ3n) is 7.86. The van der Waals surface area contributed by atoms with Gasteiger partial charge in [0.1, 0.15) is 11.5 Å². The molecule has 13 nitrogen and oxygen atoms in total. The molecule has 0 aliphatic carbocycles. The lowest BCUT2D eigenvalue weighted by atomic mass is 9.81. The zero-order valence-electron chi connectivity index (χ0n) is 26.3. The molecule has 2 N–H and O–H groups in total. The van der Waals surface area contributed by atoms with Crippen LogP contribution in [0, 0.1) is 0 Å². The molecule has 1 amide bonds. The lowest BCUT2D eigenvalue weighted by Gasteiger charge is -2.31. The summed E-state index contributed by atoms with van der Waals surface area (Å²) in [7, 11) is 1.60. The molecule has 4 aromatic rings. The minimum Gasteiger partial charge on any atom is -0.497 e. The van der Waals surface area contributed by atoms with Crippen molar-refractivity contribution < 1.29 is 24.1 Å². The Morgan fingerprint density at radius 1 is 0.938 bits per heavy atom. The molecule has 0 radical (unpaired) electrons. The lowest BCUT2D eigenvalue weighted by Crippen LogP contribution is -2.50. The van der Waals surface area contributed by atoms with Gasteiger partial charge < -0.3 is 24.6 Å². The first-order valence-corrected chi connectivity index (χ1v) is 15.3. The Morgan fingerprint density at radius 3 is 2.31 bits per heavy atom. The Hall–Kier alpha value is -6.00. The normalized spacial score (nSPS) is 16.5. The van der Waals surface area contributed by atoms with E-state index in [1.807, 2.05) is 24.3 Å². The van der Waals surface area contributed by atoms with Gasteiger partial charge in [-0.15, -0.1) is 0 Å². The van der Waals surface area contributed by atoms with Crippen molar-refractivity contribution in [1.82, 2.24) is 5.32 Å². The summed E-state index contributed by atoms with van der Waals surface area (Å²) in [5.74, 6) is 1.11. The fourth-order valence-corrected chi connectivity index (χ4v) is 5.47. The van der Waals surface area contributed by atoms with Gasteiger partial charge in [-0.1, -0.05) is 70.9 Å². The molecule has 0 saturated heterocycles. The number of benzene rings is 4. The van der Waals surface area contributed by atoms with Gasteiger partial charge in [-0.05, 0) is 65.0 Å². The summed E-state index contributed by atoms with van der Waals surface area (Å²) in [4.78, 5) is 25.6. The van der Waals surface area contributed by atoms with E-state index < -0.39 is 17.6 Å². The molecule has 5 rings (SSSR count). The fraction of sp³-hybridized carbons (Fsp3) is 0.257. The topological polar surface area (TPSA) is 187 Å². The maximum atomic E-state index is 14.6. The zero-order valence-corrected chi connectivity index (χ0v) is 26.3. The number of amides is 1. The molecule has 48 heavy (non-hydrogen) atoms. The van der Waals surface area contributed by atoms with E-state index in [-0.39, 0.29) is 24.6 Å². The first-order chi connectivity index (χ1) is 23.5. The van der Waals surface area contributed by atoms with E-state index >= 15 is 0 Å². The Morgan fingerprint density at radius 2 is 1.60 bits per heavy atom. The maximum absolute atomic E-state index is 14.6. The van der Waals surface area contributed by atoms with Gasteiger partial charge in [0, 0.05) is 58.3 Å². The van der Waals surface area contributed by atoms with Crippen LogP contribution in [0.15, 0.2) is 112 Å². The molecule has 0 spiro atoms. The molecule has 0 saturated carbocycles. The minimum atomic E-state index is -1.62. The highest BCUT2D eigenvalue weighted by Crippen LogP contribution is 2.46. The highest BCUT2D eigenvalue weighted by atomic mass is 16.5. The first kappa shape index (κ1) is 33.4. The van der Waals surface area contributed by atoms with Crippen LogP contribution in [0.2, 0.25) is 0 Å². The van der Waals surface area contributed by atoms with Crippen LogP contribution in [0.1, 0.15) is 34.8 Å². The number of aliphatic imine (C=N–C) groups is 1. The number of carbonyl (C=O) groups is 1. The summed E-state index contributed by atoms with van der Waals surface area (Å²) < 4.78 is 17.5. The van der Waals surface area contributed by atoms with Crippen molar-refractivity contribution in [3.05, 3.63) is 140 Å². The summed E-state index contributed by atoms with van der Waals surface area (Å²) in [5.41, 5.74) is 20.3. The van der Waals surface area contributed by atoms with E-state index in [4.69, 9.17) is 24.3 Å². The average molecular weight is 647 g/mol. The minimum absolute atomic E-state index is 0.00230. The van der Waals surface area contributed by atoms with Crippen molar-refractivity contribution in [2.45, 2.75) is 30.9 Å². The molecule has 13 heteroatoms. The zero-order chi connectivity index (χ0) is 33.8. The van der Waals surface area contributed by atoms with Gasteiger partial charge in [-0.2, -0.15) is 0 Å². The number of azide groups is 2. The van der Waals surface area contributed by atoms with Gasteiger partial charge in [0.2, 0.25) is 5.90 Å². The highest BCUT2D eigenvalue weighted by Gasteiger charge is 2.54. The molecule has 0 aromatic heterocycles. The average Bonchev–Trinajstić information content (AvgIpc) is 3.50. The Bertz CT molecular complexity index is 1850. The molecular formula is C35H34N8O5. The summed E-state index contributed by atoms with van der Waals surface area (Å²) in [6.45, 7) is 0.671. The van der Waals surface area contributed by atoms with Crippen LogP contribution in [0.3, 0.4) is 0 Å². The van der Waals surface area contributed by atoms with Crippen LogP contribution in [-0.4, -0.2) is 49.3 Å². The molecule has 2 atom stereocenters. The SMILES string of the molecule is COc1ccc(CCNC(=O)[C@]2(Cc3ccccc3N=[N+]=[N-])N=C(c3ccc(OCCCO)cc3)O[C@@H]2c2ccccc2N=[N+]=[N-])cc1. The van der Waals surface area contributed by atoms with Crippen molar-refractivity contribution in [1.29, 1.82) is 0 Å². The molecule has 1 heterocycles. The van der Waals surface area contributed by atoms with Crippen molar-refractivity contribution >= 4 is 23.2 Å². The third-order valence-corrected chi connectivity index (χ3v) is 7.86. The van der Waals surface area contributed by atoms with Gasteiger partial charge in [0.25, 0.3) is 5.91 Å². The Balaban J connectivity index is 1.59. The van der Waals surface area contributed by atoms with Crippen LogP contribution in [-0.2, 0) is 22.4 Å². The van der Waals surface area contributed by atoms with Gasteiger partial charge >= 0.3 is 0 Å². The molecule has 4 aromatic carbocycles. The number of aliphatic hydroxyl groups is 1. The van der Waals surface area contributed by atoms with Crippen LogP contribution in [0.25, 0.3) is 20.9 Å². The van der Waals surface area contributed by atoms with Crippen molar-refractivity contribution in [2.24, 2.45) is 15.2 Å². The quantitative estimate of drug-likeness (QED) is 0.0597. The van der Waals surface area contributed by atoms with E-state index in [1.165, 1.54) is 0 Å². The Labute approximate surface area is 277 Å². The fourth-order valence-electron chi connectivity index (χ4n) is 5.47. The predicted octanol–water partition coefficient (Wildman–Crippen LogP) is 7.20. The third kappa shape index (κ3) is 7.68. The highest BCUT2D eigenvalue weighted by molar-refractivity contribution is 6.01. The van der Waals surface area contributed by atoms with Crippen LogP contribution >= 0.6 is 0 Å². The maximum Gasteiger partial charge on any atom is 0.252 e. The van der Waals surface area contributed by atoms with Crippen LogP contribution in [0.5, 0.6) is 11.5 Å². The van der Waals surface area contributed by atoms with Crippen molar-refractivity contribution in [2.75, 3.05) is 26.9 Å². The molecule has 1 aliphatic rings. The second-order valence-electron chi connectivity index (χ2n) is 10.9. The standard InChI is InChI=1S/C35H34N8O5/c1-46-27-15-11-24(12-16-27)19-20-38-34(45)35(23-26-7-2-4-9-30(26)40-42-36)32(29-8-3-5-10-31(29)41-43-37)48-33(39-35)25-13-17-28(18-14-25)47-22-6-21-44/h2-5,7-18,32,44H,6,19-23H2,1H3,(H,38,45)/t32-,35-/m1/s1. The Kier molecular flexibility index (Phi) is 11.1. The van der Waals surface area contributed by atoms with E-state index in [1.54, 1.807) is 79.9 Å². The van der Waals surface area contributed by atoms with E-state index in [9.17, 15) is 15.9 Å². The number of ether oxygens (including phenoxy) is 3. The van der Waals surface area contributed by atoms with Crippen molar-refractivity contribution in [3.8, 4) is 11.5 Å². The summed E-state index contributed by atoms with van der Waals surface area (Å²) in [6.07, 6.45) is 0.000354. The number of hydrogen-bond donors (Lipinski definition) is 2. The summed E-state index contributed by atoms with van der Waals surface area (Å²) >= 11 is 0. The van der Waals surface area contributed by atoms with Gasteiger partial charge in [0.05, 0.1) is 13.7 Å². The molecule has 0 bridgehead atoms. The molecule has 0 fully saturated rings. The molecule has 0 unspecified atom stereocenters. The molecular weight excluding hydrogens is 612 g/mol. The number of methoxy groups -OCH3 is 1. The number of nitrogens with zero attached hydrogens (tertiary/aromatic N) is 7. The number of carbonyl (C=O) groups excluding carboxylic acids is 1. The first-order valence-electron chi connectivity index (χ1n) is 15.3. The van der Waals surface area contributed by atoms with E-state index in [0.29, 0.717) is 54.1 Å². The number of aliphatic hydroxyl groups excluding tert-OH is 1. The van der Waals surface area contributed by atoms with Crippen LogP contribution in [0.4, 0.5) is 11.4 Å². The summed E-state index contributed by atoms with van der Waals surface area (Å²) in [6, 6.07) is 28.5. The van der Waals surface area contributed by atoms with Gasteiger partial charge in [0.15, 0.2) is 11.6 Å². The van der Waals surface area contributed by atoms with Gasteiger partial charge in [-0.25, -0.2) is 4.99 Å². The smallest absolute Gasteiger partial charge is 0.252 e. The van der Waals surface area contributed by atoms with E-state index in [0.717, 1.165) is 11.3 Å². The molecule has 1 aliphatic heterocycles. The largest absolute Gasteiger partial charge is 0.497 e. The second kappa shape index (κ2) is 16.0. The number of hydrogen-bond acceptors (Lipinski definition) is 8. The van der Waals surface area contributed by atoms with Crippen molar-refractivity contribution in [3.63, 3.8) is 0 Å².